The number of ether oxygens (including phenoxy) is 2. The summed E-state index contributed by atoms with van der Waals surface area (Å²) >= 11 is 0. The maximum absolute atomic E-state index is 12.2. The Kier molecular flexibility index (Phi) is 5.01. The number of benzene rings is 1. The van der Waals surface area contributed by atoms with E-state index < -0.39 is 0 Å². The Labute approximate surface area is 103 Å². The van der Waals surface area contributed by atoms with Crippen LogP contribution in [-0.2, 0) is 0 Å². The van der Waals surface area contributed by atoms with E-state index in [1.54, 1.807) is 32.4 Å². The second-order valence-electron chi connectivity index (χ2n) is 4.12. The van der Waals surface area contributed by atoms with Gasteiger partial charge in [0, 0.05) is 5.92 Å². The predicted molar refractivity (Wildman–Crippen MR) is 67.9 cm³/mol. The van der Waals surface area contributed by atoms with Gasteiger partial charge < -0.3 is 9.47 Å². The van der Waals surface area contributed by atoms with Crippen molar-refractivity contribution in [3.05, 3.63) is 23.8 Å². The van der Waals surface area contributed by atoms with Crippen LogP contribution in [0.3, 0.4) is 0 Å². The quantitative estimate of drug-likeness (QED) is 0.711. The summed E-state index contributed by atoms with van der Waals surface area (Å²) in [4.78, 5) is 12.2. The average molecular weight is 236 g/mol. The molecule has 0 fully saturated rings. The molecule has 0 amide bonds. The Hall–Kier alpha value is -1.51. The average Bonchev–Trinajstić information content (AvgIpc) is 2.37. The SMILES string of the molecule is CCCC(C)C(=O)c1cc(OC)ccc1OC. The van der Waals surface area contributed by atoms with Crippen LogP contribution < -0.4 is 9.47 Å². The molecule has 0 heterocycles. The van der Waals surface area contributed by atoms with Crippen molar-refractivity contribution in [2.45, 2.75) is 26.7 Å². The molecule has 0 aromatic heterocycles. The van der Waals surface area contributed by atoms with Crippen molar-refractivity contribution in [3.8, 4) is 11.5 Å². The summed E-state index contributed by atoms with van der Waals surface area (Å²) in [6.45, 7) is 4.03. The van der Waals surface area contributed by atoms with Gasteiger partial charge in [0.2, 0.25) is 0 Å². The minimum absolute atomic E-state index is 0.0148. The molecule has 0 aliphatic rings. The molecule has 1 unspecified atom stereocenters. The van der Waals surface area contributed by atoms with E-state index in [4.69, 9.17) is 9.47 Å². The molecule has 1 aromatic carbocycles. The lowest BCUT2D eigenvalue weighted by molar-refractivity contribution is 0.0920. The molecule has 1 aromatic rings. The molecule has 1 rings (SSSR count). The van der Waals surface area contributed by atoms with E-state index in [2.05, 4.69) is 6.92 Å². The van der Waals surface area contributed by atoms with Crippen molar-refractivity contribution in [1.29, 1.82) is 0 Å². The van der Waals surface area contributed by atoms with Crippen LogP contribution in [0.25, 0.3) is 0 Å². The van der Waals surface area contributed by atoms with Gasteiger partial charge in [-0.3, -0.25) is 4.79 Å². The highest BCUT2D eigenvalue weighted by Crippen LogP contribution is 2.27. The largest absolute Gasteiger partial charge is 0.497 e. The second-order valence-corrected chi connectivity index (χ2v) is 4.12. The molecule has 0 N–H and O–H groups in total. The maximum atomic E-state index is 12.2. The van der Waals surface area contributed by atoms with Crippen LogP contribution >= 0.6 is 0 Å². The number of methoxy groups -OCH3 is 2. The smallest absolute Gasteiger partial charge is 0.169 e. The minimum Gasteiger partial charge on any atom is -0.497 e. The molecule has 0 aliphatic heterocycles. The lowest BCUT2D eigenvalue weighted by Crippen LogP contribution is -2.12. The van der Waals surface area contributed by atoms with Gasteiger partial charge in [0.15, 0.2) is 5.78 Å². The standard InChI is InChI=1S/C14H20O3/c1-5-6-10(2)14(15)12-9-11(16-3)7-8-13(12)17-4/h7-10H,5-6H2,1-4H3. The third-order valence-corrected chi connectivity index (χ3v) is 2.84. The van der Waals surface area contributed by atoms with Gasteiger partial charge >= 0.3 is 0 Å². The van der Waals surface area contributed by atoms with E-state index in [9.17, 15) is 4.79 Å². The van der Waals surface area contributed by atoms with E-state index >= 15 is 0 Å². The Morgan fingerprint density at radius 1 is 1.29 bits per heavy atom. The van der Waals surface area contributed by atoms with Crippen LogP contribution in [0.5, 0.6) is 11.5 Å². The number of carbonyl (C=O) groups is 1. The molecular formula is C14H20O3. The Bertz CT molecular complexity index is 385. The zero-order valence-electron chi connectivity index (χ0n) is 10.9. The molecular weight excluding hydrogens is 216 g/mol. The molecule has 0 radical (unpaired) electrons. The lowest BCUT2D eigenvalue weighted by Gasteiger charge is -2.13. The highest BCUT2D eigenvalue weighted by Gasteiger charge is 2.19. The van der Waals surface area contributed by atoms with Crippen LogP contribution in [0.1, 0.15) is 37.0 Å². The summed E-state index contributed by atoms with van der Waals surface area (Å²) in [6.07, 6.45) is 1.89. The van der Waals surface area contributed by atoms with E-state index in [-0.39, 0.29) is 11.7 Å². The lowest BCUT2D eigenvalue weighted by atomic mass is 9.94. The summed E-state index contributed by atoms with van der Waals surface area (Å²) in [5.41, 5.74) is 0.604. The van der Waals surface area contributed by atoms with Gasteiger partial charge in [-0.2, -0.15) is 0 Å². The number of hydrogen-bond donors (Lipinski definition) is 0. The highest BCUT2D eigenvalue weighted by atomic mass is 16.5. The van der Waals surface area contributed by atoms with Gasteiger partial charge in [0.25, 0.3) is 0 Å². The Morgan fingerprint density at radius 3 is 2.53 bits per heavy atom. The van der Waals surface area contributed by atoms with Crippen LogP contribution in [0.4, 0.5) is 0 Å². The topological polar surface area (TPSA) is 35.5 Å². The normalized spacial score (nSPS) is 12.0. The molecule has 0 spiro atoms. The summed E-state index contributed by atoms with van der Waals surface area (Å²) < 4.78 is 10.4. The van der Waals surface area contributed by atoms with E-state index in [1.165, 1.54) is 0 Å². The monoisotopic (exact) mass is 236 g/mol. The summed E-state index contributed by atoms with van der Waals surface area (Å²) in [7, 11) is 3.16. The van der Waals surface area contributed by atoms with Gasteiger partial charge in [0.05, 0.1) is 19.8 Å². The first kappa shape index (κ1) is 13.6. The molecule has 0 saturated heterocycles. The first-order valence-corrected chi connectivity index (χ1v) is 5.90. The predicted octanol–water partition coefficient (Wildman–Crippen LogP) is 3.32. The fraction of sp³-hybridized carbons (Fsp3) is 0.500. The minimum atomic E-state index is 0.0148. The second kappa shape index (κ2) is 6.28. The van der Waals surface area contributed by atoms with Gasteiger partial charge in [-0.1, -0.05) is 20.3 Å². The molecule has 0 bridgehead atoms. The van der Waals surface area contributed by atoms with E-state index in [0.717, 1.165) is 12.8 Å². The van der Waals surface area contributed by atoms with Crippen molar-refractivity contribution < 1.29 is 14.3 Å². The van der Waals surface area contributed by atoms with E-state index in [1.807, 2.05) is 6.92 Å². The zero-order chi connectivity index (χ0) is 12.8. The van der Waals surface area contributed by atoms with Gasteiger partial charge in [-0.05, 0) is 24.6 Å². The Morgan fingerprint density at radius 2 is 2.00 bits per heavy atom. The number of ketones is 1. The van der Waals surface area contributed by atoms with Gasteiger partial charge in [-0.15, -0.1) is 0 Å². The maximum Gasteiger partial charge on any atom is 0.169 e. The molecule has 3 heteroatoms. The van der Waals surface area contributed by atoms with Gasteiger partial charge in [-0.25, -0.2) is 0 Å². The number of carbonyl (C=O) groups excluding carboxylic acids is 1. The van der Waals surface area contributed by atoms with Crippen LogP contribution in [0.15, 0.2) is 18.2 Å². The van der Waals surface area contributed by atoms with Crippen LogP contribution in [-0.4, -0.2) is 20.0 Å². The number of hydrogen-bond acceptors (Lipinski definition) is 3. The zero-order valence-corrected chi connectivity index (χ0v) is 10.9. The third-order valence-electron chi connectivity index (χ3n) is 2.84. The highest BCUT2D eigenvalue weighted by molar-refractivity contribution is 6.00. The molecule has 1 atom stereocenters. The van der Waals surface area contributed by atoms with Gasteiger partial charge in [0.1, 0.15) is 11.5 Å². The molecule has 3 nitrogen and oxygen atoms in total. The number of Topliss-reactive ketones (excluding diaryl/α,β-unsaturated/α-hetero) is 1. The molecule has 94 valence electrons. The fourth-order valence-corrected chi connectivity index (χ4v) is 1.84. The van der Waals surface area contributed by atoms with Crippen molar-refractivity contribution >= 4 is 5.78 Å². The van der Waals surface area contributed by atoms with Crippen LogP contribution in [0.2, 0.25) is 0 Å². The Balaban J connectivity index is 3.05. The summed E-state index contributed by atoms with van der Waals surface area (Å²) in [5, 5.41) is 0. The number of rotatable bonds is 6. The van der Waals surface area contributed by atoms with Crippen molar-refractivity contribution in [3.63, 3.8) is 0 Å². The first-order chi connectivity index (χ1) is 8.13. The van der Waals surface area contributed by atoms with Crippen molar-refractivity contribution in [2.24, 2.45) is 5.92 Å². The fourth-order valence-electron chi connectivity index (χ4n) is 1.84. The first-order valence-electron chi connectivity index (χ1n) is 5.90. The third kappa shape index (κ3) is 3.22. The summed E-state index contributed by atoms with van der Waals surface area (Å²) in [6, 6.07) is 5.30. The molecule has 0 saturated carbocycles. The van der Waals surface area contributed by atoms with Crippen molar-refractivity contribution in [2.75, 3.05) is 14.2 Å². The molecule has 17 heavy (non-hydrogen) atoms. The van der Waals surface area contributed by atoms with Crippen LogP contribution in [0, 0.1) is 5.92 Å². The van der Waals surface area contributed by atoms with Crippen molar-refractivity contribution in [1.82, 2.24) is 0 Å². The molecule has 0 aliphatic carbocycles. The van der Waals surface area contributed by atoms with E-state index in [0.29, 0.717) is 17.1 Å². The summed E-state index contributed by atoms with van der Waals surface area (Å²) in [5.74, 6) is 1.42.